The van der Waals surface area contributed by atoms with Crippen molar-refractivity contribution >= 4 is 53.4 Å². The molecule has 19 heteroatoms. The number of piperazine rings is 1. The molecule has 0 N–H and O–H groups in total. The van der Waals surface area contributed by atoms with Crippen molar-refractivity contribution < 1.29 is 56.9 Å². The molecule has 1 aliphatic carbocycles. The second-order valence-corrected chi connectivity index (χ2v) is 24.7. The van der Waals surface area contributed by atoms with E-state index in [1.54, 1.807) is 53.6 Å². The van der Waals surface area contributed by atoms with Gasteiger partial charge < -0.3 is 52.1 Å². The van der Waals surface area contributed by atoms with Crippen LogP contribution in [0.4, 0.5) is 20.1 Å². The average Bonchev–Trinajstić information content (AvgIpc) is 4.04. The van der Waals surface area contributed by atoms with E-state index in [1.807, 2.05) is 85.0 Å². The molecule has 2 aromatic heterocycles. The minimum Gasteiger partial charge on any atom is -0.463 e. The van der Waals surface area contributed by atoms with Crippen molar-refractivity contribution in [2.45, 2.75) is 176 Å². The van der Waals surface area contributed by atoms with Gasteiger partial charge in [0.15, 0.2) is 6.04 Å². The van der Waals surface area contributed by atoms with Crippen LogP contribution >= 0.6 is 0 Å². The van der Waals surface area contributed by atoms with Crippen LogP contribution in [0.15, 0.2) is 60.8 Å². The van der Waals surface area contributed by atoms with Crippen LogP contribution in [0.25, 0.3) is 22.2 Å². The Morgan fingerprint density at radius 1 is 0.808 bits per heavy atom. The lowest BCUT2D eigenvalue weighted by molar-refractivity contribution is -0.163. The Morgan fingerprint density at radius 3 is 2.08 bits per heavy atom. The van der Waals surface area contributed by atoms with E-state index in [-0.39, 0.29) is 38.4 Å². The maximum atomic E-state index is 14.6. The minimum absolute atomic E-state index is 0.0101. The molecule has 8 rings (SSSR count). The molecule has 4 aliphatic rings. The topological polar surface area (TPSA) is 173 Å². The van der Waals surface area contributed by atoms with Crippen LogP contribution in [0.1, 0.15) is 139 Å². The van der Waals surface area contributed by atoms with E-state index in [4.69, 9.17) is 42.7 Å². The Hall–Kier alpha value is -5.89. The average molecular weight is 1080 g/mol. The van der Waals surface area contributed by atoms with Crippen LogP contribution in [-0.4, -0.2) is 143 Å². The Kier molecular flexibility index (Phi) is 17.2. The number of hydrazine groups is 1. The van der Waals surface area contributed by atoms with Crippen LogP contribution in [0.5, 0.6) is 0 Å². The van der Waals surface area contributed by atoms with Gasteiger partial charge in [-0.1, -0.05) is 42.5 Å². The molecule has 78 heavy (non-hydrogen) atoms. The van der Waals surface area contributed by atoms with Gasteiger partial charge in [-0.3, -0.25) is 4.98 Å². The van der Waals surface area contributed by atoms with Gasteiger partial charge in [-0.05, 0) is 151 Å². The molecule has 18 nitrogen and oxygen atoms in total. The zero-order valence-corrected chi connectivity index (χ0v) is 48.6. The fourth-order valence-electron chi connectivity index (χ4n) is 10.2. The van der Waals surface area contributed by atoms with Crippen LogP contribution in [-0.2, 0) is 62.1 Å². The number of rotatable bonds is 16. The van der Waals surface area contributed by atoms with Gasteiger partial charge in [-0.15, -0.1) is 0 Å². The third-order valence-electron chi connectivity index (χ3n) is 15.4. The lowest BCUT2D eigenvalue weighted by atomic mass is 9.78. The number of hydrogen-bond donors (Lipinski definition) is 0. The van der Waals surface area contributed by atoms with Crippen LogP contribution in [0.2, 0.25) is 0 Å². The lowest BCUT2D eigenvalue weighted by Crippen LogP contribution is -2.61. The number of methoxy groups -OCH3 is 1. The zero-order chi connectivity index (χ0) is 56.5. The summed E-state index contributed by atoms with van der Waals surface area (Å²) >= 11 is 0. The molecule has 4 fully saturated rings. The van der Waals surface area contributed by atoms with Crippen molar-refractivity contribution in [1.29, 1.82) is 0 Å². The molecule has 3 aliphatic heterocycles. The third kappa shape index (κ3) is 13.4. The molecule has 5 heterocycles. The monoisotopic (exact) mass is 1080 g/mol. The predicted molar refractivity (Wildman–Crippen MR) is 298 cm³/mol. The van der Waals surface area contributed by atoms with Crippen molar-refractivity contribution in [3.63, 3.8) is 0 Å². The van der Waals surface area contributed by atoms with E-state index in [2.05, 4.69) is 33.7 Å². The molecule has 0 unspecified atom stereocenters. The van der Waals surface area contributed by atoms with Gasteiger partial charge in [0.05, 0.1) is 59.9 Å². The highest BCUT2D eigenvalue weighted by atomic mass is 16.7. The summed E-state index contributed by atoms with van der Waals surface area (Å²) in [5.41, 5.74) is 3.85. The highest BCUT2D eigenvalue weighted by molar-refractivity contribution is 6.62. The standard InChI is InChI=1S/C59H83BN6O12/c1-39(2)72-32-31-64-47-23-22-42(60-77-57(10,11)58(12,13)78-60)33-44(47)46(35-59(24-25-59)38-74-51(67)48-21-18-26-65(53(69)75-55(4,5)6)66(48)54(70)76-56(7,8)9)50(64)45-34-43(36-61-49(45)40(3)71-14)62-27-29-63(30-28-62)52(68)73-37-41-19-16-15-17-20-41/h15-17,19-20,22-23,33-34,36,39-40,48H,18,21,24-32,35,37-38H2,1-14H3/t40-,48+/m0/s1. The largest absolute Gasteiger partial charge is 0.494 e. The van der Waals surface area contributed by atoms with E-state index in [0.717, 1.165) is 68.0 Å². The normalized spacial score (nSPS) is 19.5. The third-order valence-corrected chi connectivity index (χ3v) is 15.4. The summed E-state index contributed by atoms with van der Waals surface area (Å²) in [7, 11) is 1.05. The first-order chi connectivity index (χ1) is 36.7. The summed E-state index contributed by atoms with van der Waals surface area (Å²) in [6.07, 6.45) is 2.27. The Bertz CT molecular complexity index is 2780. The Morgan fingerprint density at radius 2 is 1.46 bits per heavy atom. The molecule has 3 saturated heterocycles. The van der Waals surface area contributed by atoms with E-state index < -0.39 is 65.2 Å². The smallest absolute Gasteiger partial charge is 0.463 e. The number of fused-ring (bicyclic) bond motifs is 1. The number of amides is 3. The fourth-order valence-corrected chi connectivity index (χ4v) is 10.2. The van der Waals surface area contributed by atoms with Gasteiger partial charge in [0.2, 0.25) is 0 Å². The summed E-state index contributed by atoms with van der Waals surface area (Å²) in [6, 6.07) is 17.1. The maximum Gasteiger partial charge on any atom is 0.494 e. The SMILES string of the molecule is CO[C@@H](C)c1ncc(N2CCN(C(=O)OCc3ccccc3)CC2)cc1-c1c(CC2(COC(=O)[C@H]3CCCN(C(=O)OC(C)(C)C)N3C(=O)OC(C)(C)C)CC2)c2cc(B3OC(C)(C)C(C)(C)O3)ccc2n1CCOC(C)C. The molecule has 1 saturated carbocycles. The second kappa shape index (κ2) is 23.1. The van der Waals surface area contributed by atoms with Gasteiger partial charge in [0.1, 0.15) is 17.8 Å². The number of aromatic nitrogens is 2. The lowest BCUT2D eigenvalue weighted by Gasteiger charge is -2.42. The first-order valence-corrected chi connectivity index (χ1v) is 27.7. The highest BCUT2D eigenvalue weighted by Gasteiger charge is 2.52. The van der Waals surface area contributed by atoms with E-state index in [0.29, 0.717) is 52.2 Å². The van der Waals surface area contributed by atoms with Crippen molar-refractivity contribution in [3.05, 3.63) is 77.6 Å². The Balaban J connectivity index is 1.17. The van der Waals surface area contributed by atoms with Crippen LogP contribution in [0, 0.1) is 5.41 Å². The van der Waals surface area contributed by atoms with E-state index in [1.165, 1.54) is 5.01 Å². The quantitative estimate of drug-likeness (QED) is 0.0589. The molecular weight excluding hydrogens is 995 g/mol. The van der Waals surface area contributed by atoms with Crippen LogP contribution in [0.3, 0.4) is 0 Å². The first kappa shape index (κ1) is 58.3. The second-order valence-electron chi connectivity index (χ2n) is 24.7. The summed E-state index contributed by atoms with van der Waals surface area (Å²) < 4.78 is 51.6. The summed E-state index contributed by atoms with van der Waals surface area (Å²) in [4.78, 5) is 64.7. The molecule has 424 valence electrons. The van der Waals surface area contributed by atoms with Crippen molar-refractivity contribution in [3.8, 4) is 11.3 Å². The number of carbonyl (C=O) groups excluding carboxylic acids is 4. The molecule has 2 atom stereocenters. The molecule has 3 amide bonds. The summed E-state index contributed by atoms with van der Waals surface area (Å²) in [5, 5.41) is 3.24. The number of esters is 1. The van der Waals surface area contributed by atoms with Crippen molar-refractivity contribution in [1.82, 2.24) is 24.5 Å². The molecule has 0 bridgehead atoms. The fraction of sp³-hybridized carbons (Fsp3) is 0.610. The van der Waals surface area contributed by atoms with Crippen molar-refractivity contribution in [2.24, 2.45) is 5.41 Å². The highest BCUT2D eigenvalue weighted by Crippen LogP contribution is 2.52. The number of nitrogens with zero attached hydrogens (tertiary/aromatic N) is 6. The first-order valence-electron chi connectivity index (χ1n) is 27.7. The van der Waals surface area contributed by atoms with Gasteiger partial charge in [0.25, 0.3) is 0 Å². The summed E-state index contributed by atoms with van der Waals surface area (Å²) in [6.45, 7) is 28.1. The number of hydrogen-bond acceptors (Lipinski definition) is 14. The van der Waals surface area contributed by atoms with Gasteiger partial charge >= 0.3 is 31.4 Å². The molecule has 0 spiro atoms. The van der Waals surface area contributed by atoms with Crippen molar-refractivity contribution in [2.75, 3.05) is 57.9 Å². The minimum atomic E-state index is -1.13. The number of pyridine rings is 1. The molecular formula is C59H83BN6O12. The molecule has 2 aromatic carbocycles. The van der Waals surface area contributed by atoms with E-state index in [9.17, 15) is 19.2 Å². The molecule has 0 radical (unpaired) electrons. The van der Waals surface area contributed by atoms with Gasteiger partial charge in [0, 0.05) is 68.3 Å². The Labute approximate surface area is 461 Å². The predicted octanol–water partition coefficient (Wildman–Crippen LogP) is 10.0. The number of ether oxygens (including phenoxy) is 6. The number of carbonyl (C=O) groups is 4. The zero-order valence-electron chi connectivity index (χ0n) is 48.6. The number of benzene rings is 2. The van der Waals surface area contributed by atoms with E-state index >= 15 is 0 Å². The van der Waals surface area contributed by atoms with Crippen LogP contribution < -0.4 is 10.4 Å². The number of anilines is 1. The summed E-state index contributed by atoms with van der Waals surface area (Å²) in [5.74, 6) is -0.630. The molecule has 4 aromatic rings. The van der Waals surface area contributed by atoms with Gasteiger partial charge in [-0.25, -0.2) is 24.2 Å². The van der Waals surface area contributed by atoms with Gasteiger partial charge in [-0.2, -0.15) is 5.01 Å². The maximum absolute atomic E-state index is 14.6.